The summed E-state index contributed by atoms with van der Waals surface area (Å²) in [7, 11) is 1.39. The van der Waals surface area contributed by atoms with Crippen molar-refractivity contribution in [2.45, 2.75) is 86.2 Å². The zero-order valence-electron chi connectivity index (χ0n) is 21.4. The molecule has 0 heterocycles. The van der Waals surface area contributed by atoms with Crippen molar-refractivity contribution in [2.24, 2.45) is 39.4 Å². The second kappa shape index (κ2) is 7.55. The molecular formula is C28H40O5. The van der Waals surface area contributed by atoms with Gasteiger partial charge in [-0.1, -0.05) is 53.2 Å². The summed E-state index contributed by atoms with van der Waals surface area (Å²) in [5, 5.41) is 0. The second-order valence-electron chi connectivity index (χ2n) is 12.4. The highest BCUT2D eigenvalue weighted by molar-refractivity contribution is 5.98. The number of carbonyl (C=O) groups is 3. The lowest BCUT2D eigenvalue weighted by molar-refractivity contribution is -0.186. The minimum Gasteiger partial charge on any atom is -0.469 e. The van der Waals surface area contributed by atoms with E-state index in [1.54, 1.807) is 0 Å². The maximum atomic E-state index is 14.1. The summed E-state index contributed by atoms with van der Waals surface area (Å²) in [6, 6.07) is 0. The van der Waals surface area contributed by atoms with Crippen LogP contribution in [-0.2, 0) is 23.9 Å². The molecule has 4 rings (SSSR count). The summed E-state index contributed by atoms with van der Waals surface area (Å²) in [6.45, 7) is 16.7. The first-order valence-corrected chi connectivity index (χ1v) is 12.4. The number of hydrogen-bond acceptors (Lipinski definition) is 5. The number of methoxy groups -OCH3 is 1. The molecule has 3 fully saturated rings. The van der Waals surface area contributed by atoms with Crippen LogP contribution < -0.4 is 0 Å². The predicted molar refractivity (Wildman–Crippen MR) is 126 cm³/mol. The molecule has 0 aromatic rings. The van der Waals surface area contributed by atoms with E-state index in [1.165, 1.54) is 19.6 Å². The zero-order chi connectivity index (χ0) is 24.6. The maximum absolute atomic E-state index is 14.1. The molecule has 0 saturated heterocycles. The molecule has 0 radical (unpaired) electrons. The van der Waals surface area contributed by atoms with Crippen LogP contribution in [0, 0.1) is 39.4 Å². The number of carbonyl (C=O) groups excluding carboxylic acids is 3. The van der Waals surface area contributed by atoms with Crippen molar-refractivity contribution in [3.05, 3.63) is 23.8 Å². The van der Waals surface area contributed by atoms with E-state index in [0.717, 1.165) is 32.1 Å². The third kappa shape index (κ3) is 3.20. The standard InChI is InChI=1S/C28H40O5/c1-16-18(33-17(2)29)14-21-27(6,23(16)24(31)32-8)13-10-19-26(5)12-9-11-25(3,4)20(26)15-22(30)28(19,21)7/h15,18-19,21,23H,1,9-14H2,2-8H3/t18-,19-,21-,23-,26-,27+,28-/m1/s1. The number of rotatable bonds is 2. The molecule has 0 aromatic carbocycles. The lowest BCUT2D eigenvalue weighted by atomic mass is 9.36. The van der Waals surface area contributed by atoms with Crippen LogP contribution in [-0.4, -0.2) is 30.9 Å². The Balaban J connectivity index is 1.88. The largest absolute Gasteiger partial charge is 0.469 e. The maximum Gasteiger partial charge on any atom is 0.313 e. The van der Waals surface area contributed by atoms with E-state index in [0.29, 0.717) is 12.0 Å². The van der Waals surface area contributed by atoms with Crippen LogP contribution in [0.1, 0.15) is 80.1 Å². The molecule has 0 aliphatic heterocycles. The van der Waals surface area contributed by atoms with Crippen LogP contribution in [0.2, 0.25) is 0 Å². The molecule has 33 heavy (non-hydrogen) atoms. The minimum absolute atomic E-state index is 0.0143. The molecule has 3 saturated carbocycles. The van der Waals surface area contributed by atoms with Gasteiger partial charge in [0.05, 0.1) is 13.0 Å². The minimum atomic E-state index is -0.635. The summed E-state index contributed by atoms with van der Waals surface area (Å²) < 4.78 is 10.9. The molecule has 5 heteroatoms. The first-order chi connectivity index (χ1) is 15.2. The van der Waals surface area contributed by atoms with E-state index in [-0.39, 0.29) is 34.4 Å². The highest BCUT2D eigenvalue weighted by atomic mass is 16.5. The lowest BCUT2D eigenvalue weighted by Gasteiger charge is -2.66. The van der Waals surface area contributed by atoms with Gasteiger partial charge in [-0.15, -0.1) is 0 Å². The SMILES string of the molecule is C=C1[C@H](C(=O)OC)[C@@]2(C)CC[C@H]3[C@@](C)(C(=O)C=C4C(C)(C)CCC[C@@]43C)[C@@H]2C[C@H]1OC(C)=O. The fraction of sp³-hybridized carbons (Fsp3) is 0.750. The van der Waals surface area contributed by atoms with Crippen molar-refractivity contribution in [1.82, 2.24) is 0 Å². The summed E-state index contributed by atoms with van der Waals surface area (Å²) in [5.41, 5.74) is 0.761. The van der Waals surface area contributed by atoms with Crippen LogP contribution in [0.25, 0.3) is 0 Å². The molecule has 0 bridgehead atoms. The molecule has 4 aliphatic rings. The Hall–Kier alpha value is -1.91. The van der Waals surface area contributed by atoms with Crippen molar-refractivity contribution in [3.8, 4) is 0 Å². The Bertz CT molecular complexity index is 944. The third-order valence-electron chi connectivity index (χ3n) is 10.3. The molecular weight excluding hydrogens is 416 g/mol. The normalized spacial score (nSPS) is 44.0. The van der Waals surface area contributed by atoms with E-state index < -0.39 is 28.8 Å². The van der Waals surface area contributed by atoms with Gasteiger partial charge in [-0.3, -0.25) is 14.4 Å². The average Bonchev–Trinajstić information content (AvgIpc) is 2.70. The number of hydrogen-bond donors (Lipinski definition) is 0. The lowest BCUT2D eigenvalue weighted by Crippen LogP contribution is -2.65. The van der Waals surface area contributed by atoms with Crippen molar-refractivity contribution >= 4 is 17.7 Å². The Morgan fingerprint density at radius 3 is 2.33 bits per heavy atom. The summed E-state index contributed by atoms with van der Waals surface area (Å²) in [4.78, 5) is 39.1. The van der Waals surface area contributed by atoms with Crippen molar-refractivity contribution in [1.29, 1.82) is 0 Å². The predicted octanol–water partition coefficient (Wildman–Crippen LogP) is 5.43. The molecule has 0 unspecified atom stereocenters. The van der Waals surface area contributed by atoms with Crippen molar-refractivity contribution in [3.63, 3.8) is 0 Å². The fourth-order valence-electron chi connectivity index (χ4n) is 8.83. The number of ether oxygens (including phenoxy) is 2. The van der Waals surface area contributed by atoms with Gasteiger partial charge < -0.3 is 9.47 Å². The van der Waals surface area contributed by atoms with E-state index in [2.05, 4.69) is 41.2 Å². The Labute approximate surface area is 198 Å². The Morgan fingerprint density at radius 2 is 1.73 bits per heavy atom. The first kappa shape index (κ1) is 24.2. The summed E-state index contributed by atoms with van der Waals surface area (Å²) in [5.74, 6) is -1.10. The number of ketones is 1. The smallest absolute Gasteiger partial charge is 0.313 e. The molecule has 5 nitrogen and oxygen atoms in total. The van der Waals surface area contributed by atoms with Crippen molar-refractivity contribution < 1.29 is 23.9 Å². The zero-order valence-corrected chi connectivity index (χ0v) is 21.4. The van der Waals surface area contributed by atoms with E-state index in [9.17, 15) is 14.4 Å². The highest BCUT2D eigenvalue weighted by Crippen LogP contribution is 2.71. The highest BCUT2D eigenvalue weighted by Gasteiger charge is 2.69. The van der Waals surface area contributed by atoms with Gasteiger partial charge in [0, 0.05) is 12.3 Å². The van der Waals surface area contributed by atoms with Gasteiger partial charge in [0.1, 0.15) is 6.10 Å². The average molecular weight is 457 g/mol. The molecule has 0 spiro atoms. The van der Waals surface area contributed by atoms with E-state index in [4.69, 9.17) is 9.47 Å². The number of fused-ring (bicyclic) bond motifs is 5. The molecule has 182 valence electrons. The monoisotopic (exact) mass is 456 g/mol. The fourth-order valence-corrected chi connectivity index (χ4v) is 8.83. The van der Waals surface area contributed by atoms with Crippen LogP contribution in [0.5, 0.6) is 0 Å². The van der Waals surface area contributed by atoms with Gasteiger partial charge in [0.15, 0.2) is 5.78 Å². The molecule has 7 atom stereocenters. The van der Waals surface area contributed by atoms with Crippen molar-refractivity contribution in [2.75, 3.05) is 7.11 Å². The second-order valence-corrected chi connectivity index (χ2v) is 12.4. The molecule has 0 aromatic heterocycles. The third-order valence-corrected chi connectivity index (χ3v) is 10.3. The van der Waals surface area contributed by atoms with Gasteiger partial charge in [-0.2, -0.15) is 0 Å². The quantitative estimate of drug-likeness (QED) is 0.409. The summed E-state index contributed by atoms with van der Waals surface area (Å²) >= 11 is 0. The number of allylic oxidation sites excluding steroid dienone is 2. The molecule has 0 amide bonds. The van der Waals surface area contributed by atoms with Crippen LogP contribution in [0.4, 0.5) is 0 Å². The van der Waals surface area contributed by atoms with Crippen LogP contribution in [0.15, 0.2) is 23.8 Å². The van der Waals surface area contributed by atoms with E-state index in [1.807, 2.05) is 6.08 Å². The van der Waals surface area contributed by atoms with E-state index >= 15 is 0 Å². The van der Waals surface area contributed by atoms with Gasteiger partial charge in [0.25, 0.3) is 0 Å². The van der Waals surface area contributed by atoms with Gasteiger partial charge in [-0.05, 0) is 71.8 Å². The van der Waals surface area contributed by atoms with Crippen LogP contribution in [0.3, 0.4) is 0 Å². The first-order valence-electron chi connectivity index (χ1n) is 12.4. The molecule has 4 aliphatic carbocycles. The van der Waals surface area contributed by atoms with Gasteiger partial charge in [0.2, 0.25) is 0 Å². The topological polar surface area (TPSA) is 69.7 Å². The molecule has 0 N–H and O–H groups in total. The number of esters is 2. The van der Waals surface area contributed by atoms with Gasteiger partial charge >= 0.3 is 11.9 Å². The van der Waals surface area contributed by atoms with Gasteiger partial charge in [-0.25, -0.2) is 0 Å². The summed E-state index contributed by atoms with van der Waals surface area (Å²) in [6.07, 6.45) is 6.93. The van der Waals surface area contributed by atoms with Crippen LogP contribution >= 0.6 is 0 Å². The Morgan fingerprint density at radius 1 is 1.06 bits per heavy atom. The Kier molecular flexibility index (Phi) is 5.54.